The molecule has 70 valence electrons. The Balaban J connectivity index is 2.24. The molecule has 0 fully saturated rings. The number of hydrogen-bond acceptors (Lipinski definition) is 5. The first-order chi connectivity index (χ1) is 6.86. The van der Waals surface area contributed by atoms with E-state index in [4.69, 9.17) is 5.73 Å². The van der Waals surface area contributed by atoms with E-state index < -0.39 is 0 Å². The van der Waals surface area contributed by atoms with Crippen molar-refractivity contribution < 1.29 is 0 Å². The highest BCUT2D eigenvalue weighted by Gasteiger charge is 1.99. The number of hydrogen-bond donors (Lipinski definition) is 2. The fourth-order valence-electron chi connectivity index (χ4n) is 1.02. The minimum absolute atomic E-state index is 0.372. The molecule has 2 aromatic heterocycles. The number of nitrogens with zero attached hydrogens (tertiary/aromatic N) is 3. The lowest BCUT2D eigenvalue weighted by Gasteiger charge is -2.05. The Morgan fingerprint density at radius 1 is 1.14 bits per heavy atom. The van der Waals surface area contributed by atoms with Crippen molar-refractivity contribution in [1.29, 1.82) is 0 Å². The molecule has 0 atom stereocenters. The molecule has 0 spiro atoms. The Morgan fingerprint density at radius 3 is 2.71 bits per heavy atom. The van der Waals surface area contributed by atoms with Gasteiger partial charge in [-0.15, -0.1) is 0 Å². The van der Waals surface area contributed by atoms with Crippen molar-refractivity contribution in [2.75, 3.05) is 11.1 Å². The summed E-state index contributed by atoms with van der Waals surface area (Å²) >= 11 is 0. The molecule has 14 heavy (non-hydrogen) atoms. The Kier molecular flexibility index (Phi) is 2.22. The van der Waals surface area contributed by atoms with E-state index in [1.165, 1.54) is 0 Å². The van der Waals surface area contributed by atoms with Gasteiger partial charge in [0.15, 0.2) is 11.6 Å². The van der Waals surface area contributed by atoms with Gasteiger partial charge in [0.25, 0.3) is 0 Å². The molecular formula is C9H9N5. The first-order valence-electron chi connectivity index (χ1n) is 4.10. The van der Waals surface area contributed by atoms with Crippen molar-refractivity contribution in [3.63, 3.8) is 0 Å². The predicted molar refractivity (Wildman–Crippen MR) is 54.0 cm³/mol. The Morgan fingerprint density at radius 2 is 2.00 bits per heavy atom. The molecule has 0 aliphatic carbocycles. The maximum absolute atomic E-state index is 5.61. The molecule has 0 saturated carbocycles. The van der Waals surface area contributed by atoms with E-state index in [0.29, 0.717) is 11.6 Å². The third kappa shape index (κ3) is 1.77. The van der Waals surface area contributed by atoms with Crippen LogP contribution in [-0.4, -0.2) is 15.0 Å². The summed E-state index contributed by atoms with van der Waals surface area (Å²) in [5, 5.41) is 3.01. The van der Waals surface area contributed by atoms with Crippen LogP contribution in [0.15, 0.2) is 36.9 Å². The lowest BCUT2D eigenvalue weighted by atomic mass is 10.4. The smallest absolute Gasteiger partial charge is 0.173 e. The van der Waals surface area contributed by atoms with Crippen LogP contribution in [0, 0.1) is 0 Å². The van der Waals surface area contributed by atoms with Gasteiger partial charge in [-0.1, -0.05) is 0 Å². The molecule has 0 bridgehead atoms. The number of nitrogens with one attached hydrogen (secondary N) is 1. The molecule has 0 amide bonds. The average molecular weight is 187 g/mol. The van der Waals surface area contributed by atoms with Crippen molar-refractivity contribution in [1.82, 2.24) is 15.0 Å². The van der Waals surface area contributed by atoms with Gasteiger partial charge in [-0.25, -0.2) is 9.97 Å². The molecule has 0 aromatic carbocycles. The maximum atomic E-state index is 5.61. The van der Waals surface area contributed by atoms with Gasteiger partial charge in [-0.3, -0.25) is 4.98 Å². The summed E-state index contributed by atoms with van der Waals surface area (Å²) in [6.45, 7) is 0. The van der Waals surface area contributed by atoms with Crippen LogP contribution >= 0.6 is 0 Å². The van der Waals surface area contributed by atoms with Gasteiger partial charge < -0.3 is 11.1 Å². The predicted octanol–water partition coefficient (Wildman–Crippen LogP) is 1.20. The molecule has 0 aliphatic heterocycles. The normalized spacial score (nSPS) is 9.71. The molecule has 3 N–H and O–H groups in total. The molecule has 2 aromatic rings. The molecule has 0 aliphatic rings. The molecular weight excluding hydrogens is 178 g/mol. The van der Waals surface area contributed by atoms with Crippen molar-refractivity contribution in [3.05, 3.63) is 36.9 Å². The first-order valence-corrected chi connectivity index (χ1v) is 4.10. The largest absolute Gasteiger partial charge is 0.381 e. The third-order valence-electron chi connectivity index (χ3n) is 1.65. The maximum Gasteiger partial charge on any atom is 0.173 e. The standard InChI is InChI=1S/C9H9N5/c10-8-9(13-5-4-12-8)14-7-2-1-3-11-6-7/h1-6H,(H2,10,12)(H,13,14). The zero-order valence-electron chi connectivity index (χ0n) is 7.38. The molecule has 2 heterocycles. The zero-order chi connectivity index (χ0) is 9.80. The minimum Gasteiger partial charge on any atom is -0.381 e. The molecule has 2 rings (SSSR count). The van der Waals surface area contributed by atoms with Crippen LogP contribution in [0.4, 0.5) is 17.3 Å². The van der Waals surface area contributed by atoms with Crippen LogP contribution in [0.1, 0.15) is 0 Å². The first kappa shape index (κ1) is 8.43. The van der Waals surface area contributed by atoms with E-state index >= 15 is 0 Å². The quantitative estimate of drug-likeness (QED) is 0.738. The molecule has 0 saturated heterocycles. The lowest BCUT2D eigenvalue weighted by Crippen LogP contribution is -2.00. The Labute approximate surface area is 81.0 Å². The number of nitrogen functional groups attached to an aromatic ring is 1. The van der Waals surface area contributed by atoms with Gasteiger partial charge >= 0.3 is 0 Å². The summed E-state index contributed by atoms with van der Waals surface area (Å²) in [4.78, 5) is 11.9. The molecule has 5 nitrogen and oxygen atoms in total. The monoisotopic (exact) mass is 187 g/mol. The lowest BCUT2D eigenvalue weighted by molar-refractivity contribution is 1.20. The van der Waals surface area contributed by atoms with Gasteiger partial charge in [-0.05, 0) is 12.1 Å². The summed E-state index contributed by atoms with van der Waals surface area (Å²) in [7, 11) is 0. The second-order valence-electron chi connectivity index (χ2n) is 2.66. The summed E-state index contributed by atoms with van der Waals surface area (Å²) in [5.74, 6) is 0.914. The van der Waals surface area contributed by atoms with E-state index in [1.807, 2.05) is 12.1 Å². The summed E-state index contributed by atoms with van der Waals surface area (Å²) in [5.41, 5.74) is 6.44. The van der Waals surface area contributed by atoms with E-state index in [0.717, 1.165) is 5.69 Å². The van der Waals surface area contributed by atoms with Crippen LogP contribution in [-0.2, 0) is 0 Å². The number of rotatable bonds is 2. The molecule has 0 unspecified atom stereocenters. The number of aromatic nitrogens is 3. The highest BCUT2D eigenvalue weighted by Crippen LogP contribution is 2.16. The van der Waals surface area contributed by atoms with E-state index in [1.54, 1.807) is 24.8 Å². The van der Waals surface area contributed by atoms with Crippen LogP contribution in [0.2, 0.25) is 0 Å². The molecule has 0 radical (unpaired) electrons. The van der Waals surface area contributed by atoms with Crippen LogP contribution in [0.25, 0.3) is 0 Å². The summed E-state index contributed by atoms with van der Waals surface area (Å²) < 4.78 is 0. The van der Waals surface area contributed by atoms with E-state index in [9.17, 15) is 0 Å². The number of nitrogens with two attached hydrogens (primary N) is 1. The van der Waals surface area contributed by atoms with Gasteiger partial charge in [0, 0.05) is 18.6 Å². The Bertz CT molecular complexity index is 415. The van der Waals surface area contributed by atoms with Crippen LogP contribution < -0.4 is 11.1 Å². The third-order valence-corrected chi connectivity index (χ3v) is 1.65. The van der Waals surface area contributed by atoms with Crippen LogP contribution in [0.5, 0.6) is 0 Å². The van der Waals surface area contributed by atoms with Gasteiger partial charge in [0.05, 0.1) is 11.9 Å². The topological polar surface area (TPSA) is 76.7 Å². The van der Waals surface area contributed by atoms with Gasteiger partial charge in [0.2, 0.25) is 0 Å². The van der Waals surface area contributed by atoms with E-state index in [-0.39, 0.29) is 0 Å². The second-order valence-corrected chi connectivity index (χ2v) is 2.66. The van der Waals surface area contributed by atoms with E-state index in [2.05, 4.69) is 20.3 Å². The van der Waals surface area contributed by atoms with Crippen molar-refractivity contribution in [3.8, 4) is 0 Å². The zero-order valence-corrected chi connectivity index (χ0v) is 7.38. The second kappa shape index (κ2) is 3.69. The van der Waals surface area contributed by atoms with Gasteiger partial charge in [-0.2, -0.15) is 0 Å². The highest BCUT2D eigenvalue weighted by atomic mass is 15.1. The number of pyridine rings is 1. The fourth-order valence-corrected chi connectivity index (χ4v) is 1.02. The van der Waals surface area contributed by atoms with Gasteiger partial charge in [0.1, 0.15) is 0 Å². The summed E-state index contributed by atoms with van der Waals surface area (Å²) in [6.07, 6.45) is 6.51. The van der Waals surface area contributed by atoms with Crippen LogP contribution in [0.3, 0.4) is 0 Å². The number of anilines is 3. The van der Waals surface area contributed by atoms with Crippen molar-refractivity contribution >= 4 is 17.3 Å². The Hall–Kier alpha value is -2.17. The van der Waals surface area contributed by atoms with Crippen molar-refractivity contribution in [2.24, 2.45) is 0 Å². The van der Waals surface area contributed by atoms with Crippen molar-refractivity contribution in [2.45, 2.75) is 0 Å². The minimum atomic E-state index is 0.372. The molecule has 5 heteroatoms. The SMILES string of the molecule is Nc1nccnc1Nc1cccnc1. The highest BCUT2D eigenvalue weighted by molar-refractivity contribution is 5.64. The average Bonchev–Trinajstić information content (AvgIpc) is 2.23. The summed E-state index contributed by atoms with van der Waals surface area (Å²) in [6, 6.07) is 3.70. The fraction of sp³-hybridized carbons (Fsp3) is 0.